The van der Waals surface area contributed by atoms with E-state index < -0.39 is 11.7 Å². The first kappa shape index (κ1) is 14.7. The summed E-state index contributed by atoms with van der Waals surface area (Å²) in [6.07, 6.45) is -1.58. The number of carbonyl (C=O) groups excluding carboxylic acids is 1. The Hall–Kier alpha value is -1.69. The van der Waals surface area contributed by atoms with Crippen LogP contribution >= 0.6 is 15.9 Å². The number of ketones is 1. The highest BCUT2D eigenvalue weighted by Crippen LogP contribution is 2.29. The van der Waals surface area contributed by atoms with Crippen molar-refractivity contribution in [1.29, 1.82) is 0 Å². The predicted molar refractivity (Wildman–Crippen MR) is 71.4 cm³/mol. The zero-order valence-corrected chi connectivity index (χ0v) is 11.7. The number of Topliss-reactive ketones (excluding diaryl/α,β-unsaturated/α-hetero) is 1. The van der Waals surface area contributed by atoms with Crippen LogP contribution in [-0.2, 0) is 12.6 Å². The van der Waals surface area contributed by atoms with Crippen molar-refractivity contribution < 1.29 is 18.0 Å². The maximum Gasteiger partial charge on any atom is 0.416 e. The van der Waals surface area contributed by atoms with Crippen LogP contribution in [0.2, 0.25) is 0 Å². The number of nitrogens with zero attached hydrogens (tertiary/aromatic N) is 1. The van der Waals surface area contributed by atoms with Crippen molar-refractivity contribution in [2.24, 2.45) is 0 Å². The smallest absolute Gasteiger partial charge is 0.294 e. The van der Waals surface area contributed by atoms with Crippen LogP contribution < -0.4 is 0 Å². The fourth-order valence-corrected chi connectivity index (χ4v) is 2.07. The van der Waals surface area contributed by atoms with Crippen LogP contribution in [0.3, 0.4) is 0 Å². The summed E-state index contributed by atoms with van der Waals surface area (Å²) in [5.41, 5.74) is -0.0724. The van der Waals surface area contributed by atoms with Gasteiger partial charge in [0.1, 0.15) is 0 Å². The van der Waals surface area contributed by atoms with Crippen molar-refractivity contribution in [3.8, 4) is 0 Å². The summed E-state index contributed by atoms with van der Waals surface area (Å²) in [6, 6.07) is 6.35. The van der Waals surface area contributed by atoms with Crippen molar-refractivity contribution in [1.82, 2.24) is 4.98 Å². The first-order valence-corrected chi connectivity index (χ1v) is 6.45. The van der Waals surface area contributed by atoms with Gasteiger partial charge in [0.05, 0.1) is 5.56 Å². The molecule has 104 valence electrons. The highest BCUT2D eigenvalue weighted by Gasteiger charge is 2.30. The van der Waals surface area contributed by atoms with Crippen LogP contribution in [0.1, 0.15) is 21.5 Å². The minimum atomic E-state index is -4.41. The number of aromatic nitrogens is 1. The van der Waals surface area contributed by atoms with E-state index in [9.17, 15) is 18.0 Å². The van der Waals surface area contributed by atoms with Gasteiger partial charge < -0.3 is 0 Å². The molecule has 2 rings (SSSR count). The largest absolute Gasteiger partial charge is 0.416 e. The minimum absolute atomic E-state index is 0.0952. The quantitative estimate of drug-likeness (QED) is 0.778. The maximum atomic E-state index is 12.6. The summed E-state index contributed by atoms with van der Waals surface area (Å²) in [5.74, 6) is -0.280. The number of rotatable bonds is 3. The molecule has 0 saturated carbocycles. The third-order valence-corrected chi connectivity index (χ3v) is 3.08. The second-order valence-corrected chi connectivity index (χ2v) is 5.11. The second kappa shape index (κ2) is 5.75. The van der Waals surface area contributed by atoms with Crippen LogP contribution in [-0.4, -0.2) is 10.8 Å². The molecule has 0 fully saturated rings. The molecule has 6 heteroatoms. The average Bonchev–Trinajstić information content (AvgIpc) is 2.38. The van der Waals surface area contributed by atoms with E-state index >= 15 is 0 Å². The first-order valence-electron chi connectivity index (χ1n) is 5.66. The summed E-state index contributed by atoms with van der Waals surface area (Å²) < 4.78 is 38.4. The molecule has 1 heterocycles. The Morgan fingerprint density at radius 1 is 1.20 bits per heavy atom. The molecular weight excluding hydrogens is 335 g/mol. The molecule has 0 unspecified atom stereocenters. The first-order chi connectivity index (χ1) is 9.36. The molecule has 2 nitrogen and oxygen atoms in total. The summed E-state index contributed by atoms with van der Waals surface area (Å²) in [5, 5.41) is 0. The van der Waals surface area contributed by atoms with Crippen LogP contribution in [0.4, 0.5) is 13.2 Å². The highest BCUT2D eigenvalue weighted by atomic mass is 79.9. The van der Waals surface area contributed by atoms with Crippen molar-refractivity contribution >= 4 is 21.7 Å². The number of carbonyl (C=O) groups is 1. The maximum absolute atomic E-state index is 12.6. The van der Waals surface area contributed by atoms with Crippen molar-refractivity contribution in [2.45, 2.75) is 12.6 Å². The van der Waals surface area contributed by atoms with Gasteiger partial charge in [0.2, 0.25) is 0 Å². The third kappa shape index (κ3) is 3.66. The molecule has 0 spiro atoms. The van der Waals surface area contributed by atoms with E-state index in [1.165, 1.54) is 24.5 Å². The summed E-state index contributed by atoms with van der Waals surface area (Å²) in [6.45, 7) is 0. The van der Waals surface area contributed by atoms with E-state index in [-0.39, 0.29) is 12.2 Å². The molecule has 0 bridgehead atoms. The number of benzene rings is 1. The monoisotopic (exact) mass is 343 g/mol. The molecule has 0 amide bonds. The van der Waals surface area contributed by atoms with Gasteiger partial charge in [-0.3, -0.25) is 9.78 Å². The molecule has 0 N–H and O–H groups in total. The molecular formula is C14H9BrF3NO. The normalized spacial score (nSPS) is 11.4. The van der Waals surface area contributed by atoms with E-state index in [4.69, 9.17) is 0 Å². The molecule has 20 heavy (non-hydrogen) atoms. The van der Waals surface area contributed by atoms with E-state index in [2.05, 4.69) is 20.9 Å². The molecule has 0 aliphatic heterocycles. The summed E-state index contributed by atoms with van der Waals surface area (Å²) in [7, 11) is 0. The van der Waals surface area contributed by atoms with Gasteiger partial charge in [-0.05, 0) is 33.6 Å². The zero-order chi connectivity index (χ0) is 14.8. The molecule has 0 saturated heterocycles. The Morgan fingerprint density at radius 2 is 1.95 bits per heavy atom. The van der Waals surface area contributed by atoms with Crippen LogP contribution in [0, 0.1) is 0 Å². The van der Waals surface area contributed by atoms with Crippen LogP contribution in [0.5, 0.6) is 0 Å². The van der Waals surface area contributed by atoms with Crippen LogP contribution in [0.15, 0.2) is 47.2 Å². The molecule has 1 aromatic carbocycles. The Labute approximate surface area is 121 Å². The molecule has 0 aliphatic rings. The van der Waals surface area contributed by atoms with Crippen molar-refractivity contribution in [3.63, 3.8) is 0 Å². The fourth-order valence-electron chi connectivity index (χ4n) is 1.71. The van der Waals surface area contributed by atoms with E-state index in [0.717, 1.165) is 12.1 Å². The van der Waals surface area contributed by atoms with E-state index in [1.54, 1.807) is 6.07 Å². The summed E-state index contributed by atoms with van der Waals surface area (Å²) >= 11 is 3.19. The lowest BCUT2D eigenvalue weighted by molar-refractivity contribution is -0.137. The average molecular weight is 344 g/mol. The molecule has 0 atom stereocenters. The van der Waals surface area contributed by atoms with Gasteiger partial charge in [-0.2, -0.15) is 13.2 Å². The number of halogens is 4. The lowest BCUT2D eigenvalue weighted by Gasteiger charge is -2.08. The minimum Gasteiger partial charge on any atom is -0.294 e. The number of hydrogen-bond donors (Lipinski definition) is 0. The zero-order valence-electron chi connectivity index (χ0n) is 10.1. The topological polar surface area (TPSA) is 30.0 Å². The SMILES string of the molecule is O=C(Cc1cccc(C(F)(F)F)c1)c1cncc(Br)c1. The molecule has 0 aliphatic carbocycles. The number of pyridine rings is 1. The van der Waals surface area contributed by atoms with Gasteiger partial charge in [0, 0.05) is 28.9 Å². The highest BCUT2D eigenvalue weighted by molar-refractivity contribution is 9.10. The summed E-state index contributed by atoms with van der Waals surface area (Å²) in [4.78, 5) is 15.8. The van der Waals surface area contributed by atoms with E-state index in [0.29, 0.717) is 15.6 Å². The Balaban J connectivity index is 2.20. The molecule has 1 aromatic heterocycles. The van der Waals surface area contributed by atoms with Crippen molar-refractivity contribution in [3.05, 3.63) is 63.9 Å². The lowest BCUT2D eigenvalue weighted by Crippen LogP contribution is -2.08. The van der Waals surface area contributed by atoms with Crippen molar-refractivity contribution in [2.75, 3.05) is 0 Å². The predicted octanol–water partition coefficient (Wildman–Crippen LogP) is 4.29. The Bertz CT molecular complexity index is 640. The third-order valence-electron chi connectivity index (χ3n) is 2.65. The Kier molecular flexibility index (Phi) is 4.23. The van der Waals surface area contributed by atoms with Gasteiger partial charge in [0.15, 0.2) is 5.78 Å². The fraction of sp³-hybridized carbons (Fsp3) is 0.143. The molecule has 0 radical (unpaired) electrons. The van der Waals surface area contributed by atoms with Gasteiger partial charge in [-0.1, -0.05) is 18.2 Å². The second-order valence-electron chi connectivity index (χ2n) is 4.19. The van der Waals surface area contributed by atoms with Gasteiger partial charge >= 0.3 is 6.18 Å². The number of hydrogen-bond acceptors (Lipinski definition) is 2. The van der Waals surface area contributed by atoms with Gasteiger partial charge in [-0.15, -0.1) is 0 Å². The lowest BCUT2D eigenvalue weighted by atomic mass is 10.0. The molecule has 2 aromatic rings. The standard InChI is InChI=1S/C14H9BrF3NO/c15-12-6-10(7-19-8-12)13(20)5-9-2-1-3-11(4-9)14(16,17)18/h1-4,6-8H,5H2. The van der Waals surface area contributed by atoms with Gasteiger partial charge in [-0.25, -0.2) is 0 Å². The van der Waals surface area contributed by atoms with E-state index in [1.807, 2.05) is 0 Å². The van der Waals surface area contributed by atoms with Crippen LogP contribution in [0.25, 0.3) is 0 Å². The Morgan fingerprint density at radius 3 is 2.60 bits per heavy atom. The van der Waals surface area contributed by atoms with Gasteiger partial charge in [0.25, 0.3) is 0 Å². The number of alkyl halides is 3.